The van der Waals surface area contributed by atoms with Crippen molar-refractivity contribution in [3.05, 3.63) is 23.4 Å². The molecule has 0 spiro atoms. The number of aliphatic hydroxyl groups excluding tert-OH is 1. The molecule has 1 aromatic rings. The fraction of sp³-hybridized carbons (Fsp3) is 0.400. The van der Waals surface area contributed by atoms with Gasteiger partial charge in [-0.15, -0.1) is 0 Å². The van der Waals surface area contributed by atoms with Crippen LogP contribution in [0.2, 0.25) is 0 Å². The lowest BCUT2D eigenvalue weighted by Crippen LogP contribution is -2.06. The lowest BCUT2D eigenvalue weighted by atomic mass is 10.1. The van der Waals surface area contributed by atoms with Crippen LogP contribution in [-0.4, -0.2) is 28.3 Å². The second kappa shape index (κ2) is 4.75. The fourth-order valence-electron chi connectivity index (χ4n) is 1.26. The zero-order chi connectivity index (χ0) is 11.4. The van der Waals surface area contributed by atoms with Crippen LogP contribution in [0.5, 0.6) is 5.88 Å². The van der Waals surface area contributed by atoms with Crippen LogP contribution in [0, 0.1) is 6.92 Å². The highest BCUT2D eigenvalue weighted by atomic mass is 16.5. The number of rotatable bonds is 4. The van der Waals surface area contributed by atoms with Gasteiger partial charge in [-0.05, 0) is 18.6 Å². The molecule has 0 amide bonds. The van der Waals surface area contributed by atoms with Crippen molar-refractivity contribution in [2.24, 2.45) is 0 Å². The van der Waals surface area contributed by atoms with Crippen molar-refractivity contribution in [1.29, 1.82) is 0 Å². The monoisotopic (exact) mass is 211 g/mol. The highest BCUT2D eigenvalue weighted by molar-refractivity contribution is 5.67. The highest BCUT2D eigenvalue weighted by Crippen LogP contribution is 2.21. The van der Waals surface area contributed by atoms with E-state index in [1.807, 2.05) is 0 Å². The Balaban J connectivity index is 2.87. The minimum atomic E-state index is -1.05. The van der Waals surface area contributed by atoms with E-state index in [2.05, 4.69) is 4.98 Å². The Hall–Kier alpha value is -1.62. The molecule has 5 heteroatoms. The van der Waals surface area contributed by atoms with Crippen LogP contribution < -0.4 is 4.74 Å². The SMILES string of the molecule is COc1ncc([C@@H](O)CC(=O)O)cc1C. The van der Waals surface area contributed by atoms with Gasteiger partial charge in [-0.2, -0.15) is 0 Å². The summed E-state index contributed by atoms with van der Waals surface area (Å²) in [7, 11) is 1.50. The van der Waals surface area contributed by atoms with E-state index in [1.54, 1.807) is 13.0 Å². The van der Waals surface area contributed by atoms with Crippen molar-refractivity contribution < 1.29 is 19.7 Å². The number of carboxylic acids is 1. The predicted molar refractivity (Wildman–Crippen MR) is 52.7 cm³/mol. The minimum absolute atomic E-state index is 0.326. The molecule has 1 atom stereocenters. The number of aromatic nitrogens is 1. The van der Waals surface area contributed by atoms with Gasteiger partial charge in [0, 0.05) is 11.8 Å². The van der Waals surface area contributed by atoms with E-state index in [1.165, 1.54) is 13.3 Å². The molecule has 0 fully saturated rings. The van der Waals surface area contributed by atoms with E-state index in [-0.39, 0.29) is 6.42 Å². The summed E-state index contributed by atoms with van der Waals surface area (Å²) in [5.74, 6) is -0.572. The first-order chi connectivity index (χ1) is 7.04. The van der Waals surface area contributed by atoms with Crippen LogP contribution >= 0.6 is 0 Å². The largest absolute Gasteiger partial charge is 0.481 e. The number of nitrogens with zero attached hydrogens (tertiary/aromatic N) is 1. The summed E-state index contributed by atoms with van der Waals surface area (Å²) >= 11 is 0. The van der Waals surface area contributed by atoms with Crippen LogP contribution in [0.1, 0.15) is 23.7 Å². The van der Waals surface area contributed by atoms with Gasteiger partial charge in [0.15, 0.2) is 0 Å². The number of hydrogen-bond acceptors (Lipinski definition) is 4. The first kappa shape index (κ1) is 11.5. The molecule has 82 valence electrons. The number of carboxylic acid groups (broad SMARTS) is 1. The summed E-state index contributed by atoms with van der Waals surface area (Å²) in [5.41, 5.74) is 1.25. The van der Waals surface area contributed by atoms with Gasteiger partial charge in [0.05, 0.1) is 19.6 Å². The molecule has 0 saturated carbocycles. The quantitative estimate of drug-likeness (QED) is 0.773. The van der Waals surface area contributed by atoms with Gasteiger partial charge in [0.25, 0.3) is 0 Å². The molecule has 0 radical (unpaired) electrons. The molecular weight excluding hydrogens is 198 g/mol. The summed E-state index contributed by atoms with van der Waals surface area (Å²) in [6.45, 7) is 1.78. The normalized spacial score (nSPS) is 12.2. The second-order valence-corrected chi connectivity index (χ2v) is 3.21. The van der Waals surface area contributed by atoms with Crippen molar-refractivity contribution in [3.8, 4) is 5.88 Å². The smallest absolute Gasteiger partial charge is 0.306 e. The molecule has 0 bridgehead atoms. The summed E-state index contributed by atoms with van der Waals surface area (Å²) in [6.07, 6.45) is 0.0620. The Bertz CT molecular complexity index is 364. The number of hydrogen-bond donors (Lipinski definition) is 2. The Labute approximate surface area is 87.3 Å². The Morgan fingerprint density at radius 1 is 1.67 bits per heavy atom. The van der Waals surface area contributed by atoms with Crippen molar-refractivity contribution >= 4 is 5.97 Å². The molecular formula is C10H13NO4. The predicted octanol–water partition coefficient (Wildman–Crippen LogP) is 0.907. The molecule has 2 N–H and O–H groups in total. The number of pyridine rings is 1. The van der Waals surface area contributed by atoms with Crippen LogP contribution in [0.25, 0.3) is 0 Å². The number of methoxy groups -OCH3 is 1. The molecule has 15 heavy (non-hydrogen) atoms. The van der Waals surface area contributed by atoms with E-state index in [0.29, 0.717) is 11.4 Å². The number of ether oxygens (including phenoxy) is 1. The van der Waals surface area contributed by atoms with E-state index >= 15 is 0 Å². The van der Waals surface area contributed by atoms with Gasteiger partial charge < -0.3 is 14.9 Å². The van der Waals surface area contributed by atoms with Crippen LogP contribution in [0.3, 0.4) is 0 Å². The van der Waals surface area contributed by atoms with Crippen LogP contribution in [0.15, 0.2) is 12.3 Å². The average Bonchev–Trinajstić information content (AvgIpc) is 2.16. The molecule has 0 aliphatic heterocycles. The van der Waals surface area contributed by atoms with Crippen molar-refractivity contribution in [3.63, 3.8) is 0 Å². The van der Waals surface area contributed by atoms with E-state index < -0.39 is 12.1 Å². The Kier molecular flexibility index (Phi) is 3.62. The van der Waals surface area contributed by atoms with Crippen molar-refractivity contribution in [2.45, 2.75) is 19.4 Å². The Morgan fingerprint density at radius 2 is 2.33 bits per heavy atom. The molecule has 0 saturated heterocycles. The second-order valence-electron chi connectivity index (χ2n) is 3.21. The summed E-state index contributed by atoms with van der Waals surface area (Å²) in [4.78, 5) is 14.3. The molecule has 1 rings (SSSR count). The van der Waals surface area contributed by atoms with Gasteiger partial charge in [-0.25, -0.2) is 4.98 Å². The zero-order valence-corrected chi connectivity index (χ0v) is 8.60. The van der Waals surface area contributed by atoms with Crippen LogP contribution in [0.4, 0.5) is 0 Å². The number of aliphatic hydroxyl groups is 1. The maximum Gasteiger partial charge on any atom is 0.306 e. The van der Waals surface area contributed by atoms with E-state index in [9.17, 15) is 9.90 Å². The number of aliphatic carboxylic acids is 1. The molecule has 0 aliphatic rings. The van der Waals surface area contributed by atoms with E-state index in [0.717, 1.165) is 5.56 Å². The minimum Gasteiger partial charge on any atom is -0.481 e. The van der Waals surface area contributed by atoms with Crippen LogP contribution in [-0.2, 0) is 4.79 Å². The molecule has 5 nitrogen and oxygen atoms in total. The summed E-state index contributed by atoms with van der Waals surface area (Å²) in [5, 5.41) is 18.0. The topological polar surface area (TPSA) is 79.7 Å². The summed E-state index contributed by atoms with van der Waals surface area (Å²) < 4.78 is 4.95. The zero-order valence-electron chi connectivity index (χ0n) is 8.60. The molecule has 1 aromatic heterocycles. The molecule has 0 unspecified atom stereocenters. The number of carbonyl (C=O) groups is 1. The van der Waals surface area contributed by atoms with Gasteiger partial charge in [-0.1, -0.05) is 0 Å². The van der Waals surface area contributed by atoms with Gasteiger partial charge >= 0.3 is 5.97 Å². The third kappa shape index (κ3) is 2.92. The first-order valence-corrected chi connectivity index (χ1v) is 4.45. The van der Waals surface area contributed by atoms with E-state index in [4.69, 9.17) is 9.84 Å². The third-order valence-corrected chi connectivity index (χ3v) is 2.00. The van der Waals surface area contributed by atoms with Gasteiger partial charge in [-0.3, -0.25) is 4.79 Å². The lowest BCUT2D eigenvalue weighted by Gasteiger charge is -2.10. The molecule has 0 aliphatic carbocycles. The van der Waals surface area contributed by atoms with Gasteiger partial charge in [0.2, 0.25) is 5.88 Å². The van der Waals surface area contributed by atoms with Crippen molar-refractivity contribution in [1.82, 2.24) is 4.98 Å². The lowest BCUT2D eigenvalue weighted by molar-refractivity contribution is -0.139. The fourth-order valence-corrected chi connectivity index (χ4v) is 1.26. The molecule has 0 aromatic carbocycles. The van der Waals surface area contributed by atoms with Gasteiger partial charge in [0.1, 0.15) is 0 Å². The Morgan fingerprint density at radius 3 is 2.80 bits per heavy atom. The molecule has 1 heterocycles. The summed E-state index contributed by atoms with van der Waals surface area (Å²) in [6, 6.07) is 1.67. The third-order valence-electron chi connectivity index (χ3n) is 2.00. The van der Waals surface area contributed by atoms with Crippen molar-refractivity contribution in [2.75, 3.05) is 7.11 Å². The first-order valence-electron chi connectivity index (χ1n) is 4.45. The standard InChI is InChI=1S/C10H13NO4/c1-6-3-7(5-11-10(6)15-2)8(12)4-9(13)14/h3,5,8,12H,4H2,1-2H3,(H,13,14)/t8-/m0/s1. The average molecular weight is 211 g/mol. The highest BCUT2D eigenvalue weighted by Gasteiger charge is 2.13. The maximum absolute atomic E-state index is 10.4. The number of aryl methyl sites for hydroxylation is 1. The maximum atomic E-state index is 10.4.